The minimum absolute atomic E-state index is 0.130. The van der Waals surface area contributed by atoms with Crippen LogP contribution in [0.5, 0.6) is 0 Å². The molecule has 1 fully saturated rings. The van der Waals surface area contributed by atoms with E-state index < -0.39 is 17.7 Å². The fourth-order valence-corrected chi connectivity index (χ4v) is 2.74. The lowest BCUT2D eigenvalue weighted by molar-refractivity contribution is -0.167. The van der Waals surface area contributed by atoms with Crippen molar-refractivity contribution in [2.45, 2.75) is 31.2 Å². The van der Waals surface area contributed by atoms with E-state index in [4.69, 9.17) is 9.47 Å². The third-order valence-corrected chi connectivity index (χ3v) is 3.55. The predicted octanol–water partition coefficient (Wildman–Crippen LogP) is 1.67. The number of nitrogens with zero attached hydrogens (tertiary/aromatic N) is 2. The first-order valence-corrected chi connectivity index (χ1v) is 5.81. The van der Waals surface area contributed by atoms with Crippen molar-refractivity contribution < 1.29 is 22.6 Å². The van der Waals surface area contributed by atoms with E-state index >= 15 is 0 Å². The van der Waals surface area contributed by atoms with Crippen LogP contribution < -0.4 is 0 Å². The summed E-state index contributed by atoms with van der Waals surface area (Å²) in [5.41, 5.74) is 0.0448. The van der Waals surface area contributed by atoms with Gasteiger partial charge in [-0.15, -0.1) is 0 Å². The summed E-state index contributed by atoms with van der Waals surface area (Å²) < 4.78 is 51.0. The molecular weight excluding hydrogens is 249 g/mol. The minimum Gasteiger partial charge on any atom is -0.347 e. The number of aromatic nitrogens is 2. The van der Waals surface area contributed by atoms with Gasteiger partial charge in [-0.25, -0.2) is 0 Å². The first-order valence-electron chi connectivity index (χ1n) is 5.81. The Morgan fingerprint density at radius 3 is 2.56 bits per heavy atom. The van der Waals surface area contributed by atoms with Gasteiger partial charge in [-0.3, -0.25) is 4.68 Å². The van der Waals surface area contributed by atoms with E-state index in [1.54, 1.807) is 7.05 Å². The van der Waals surface area contributed by atoms with Gasteiger partial charge in [0.05, 0.1) is 13.2 Å². The van der Waals surface area contributed by atoms with Gasteiger partial charge in [0.2, 0.25) is 0 Å². The fourth-order valence-electron chi connectivity index (χ4n) is 2.74. The molecule has 3 rings (SSSR count). The van der Waals surface area contributed by atoms with Crippen LogP contribution in [0.25, 0.3) is 0 Å². The van der Waals surface area contributed by atoms with Gasteiger partial charge in [0, 0.05) is 31.1 Å². The van der Waals surface area contributed by atoms with E-state index in [2.05, 4.69) is 5.10 Å². The van der Waals surface area contributed by atoms with Crippen LogP contribution in [-0.4, -0.2) is 28.8 Å². The van der Waals surface area contributed by atoms with Crippen LogP contribution in [0.4, 0.5) is 13.2 Å². The van der Waals surface area contributed by atoms with Crippen molar-refractivity contribution in [3.05, 3.63) is 17.0 Å². The third-order valence-electron chi connectivity index (χ3n) is 3.55. The molecule has 0 saturated carbocycles. The first kappa shape index (κ1) is 12.0. The lowest BCUT2D eigenvalue weighted by Gasteiger charge is -2.31. The van der Waals surface area contributed by atoms with Gasteiger partial charge >= 0.3 is 6.18 Å². The molecule has 2 heterocycles. The van der Waals surface area contributed by atoms with Crippen LogP contribution in [0.15, 0.2) is 0 Å². The number of halogens is 3. The molecule has 0 bridgehead atoms. The first-order chi connectivity index (χ1) is 8.41. The Bertz CT molecular complexity index is 475. The van der Waals surface area contributed by atoms with Gasteiger partial charge < -0.3 is 9.47 Å². The minimum atomic E-state index is -4.43. The van der Waals surface area contributed by atoms with Crippen LogP contribution in [0.1, 0.15) is 23.4 Å². The number of hydrogen-bond acceptors (Lipinski definition) is 3. The maximum Gasteiger partial charge on any atom is 0.435 e. The highest BCUT2D eigenvalue weighted by molar-refractivity contribution is 5.32. The molecule has 4 nitrogen and oxygen atoms in total. The van der Waals surface area contributed by atoms with Gasteiger partial charge in [0.25, 0.3) is 0 Å². The van der Waals surface area contributed by atoms with E-state index in [0.717, 1.165) is 0 Å². The molecule has 18 heavy (non-hydrogen) atoms. The van der Waals surface area contributed by atoms with Crippen LogP contribution in [0, 0.1) is 0 Å². The van der Waals surface area contributed by atoms with Crippen molar-refractivity contribution >= 4 is 0 Å². The van der Waals surface area contributed by atoms with Crippen LogP contribution in [0.2, 0.25) is 0 Å². The summed E-state index contributed by atoms with van der Waals surface area (Å²) in [5.74, 6) is -0.865. The zero-order valence-corrected chi connectivity index (χ0v) is 9.88. The average Bonchev–Trinajstić information content (AvgIpc) is 2.84. The Kier molecular flexibility index (Phi) is 2.47. The highest BCUT2D eigenvalue weighted by Crippen LogP contribution is 2.41. The molecule has 100 valence electrons. The molecule has 0 N–H and O–H groups in total. The Labute approximate surface area is 102 Å². The molecule has 0 aromatic carbocycles. The molecule has 1 spiro atoms. The normalized spacial score (nSPS) is 22.4. The lowest BCUT2D eigenvalue weighted by Crippen LogP contribution is -2.37. The summed E-state index contributed by atoms with van der Waals surface area (Å²) in [6.45, 7) is 0.883. The molecule has 1 aromatic heterocycles. The number of rotatable bonds is 0. The van der Waals surface area contributed by atoms with Crippen molar-refractivity contribution in [1.29, 1.82) is 0 Å². The summed E-state index contributed by atoms with van der Waals surface area (Å²) in [6, 6.07) is 0. The van der Waals surface area contributed by atoms with Crippen molar-refractivity contribution in [1.82, 2.24) is 9.78 Å². The van der Waals surface area contributed by atoms with Gasteiger partial charge in [-0.2, -0.15) is 18.3 Å². The Balaban J connectivity index is 2.03. The summed E-state index contributed by atoms with van der Waals surface area (Å²) in [7, 11) is 1.54. The topological polar surface area (TPSA) is 36.3 Å². The molecule has 1 aliphatic heterocycles. The maximum atomic E-state index is 12.9. The van der Waals surface area contributed by atoms with Gasteiger partial charge in [0.15, 0.2) is 11.5 Å². The second-order valence-corrected chi connectivity index (χ2v) is 4.68. The number of alkyl halides is 3. The fraction of sp³-hybridized carbons (Fsp3) is 0.727. The summed E-state index contributed by atoms with van der Waals surface area (Å²) in [4.78, 5) is 0. The maximum absolute atomic E-state index is 12.9. The zero-order valence-electron chi connectivity index (χ0n) is 9.88. The second-order valence-electron chi connectivity index (χ2n) is 4.68. The van der Waals surface area contributed by atoms with Crippen molar-refractivity contribution in [3.63, 3.8) is 0 Å². The zero-order chi connectivity index (χ0) is 13.0. The average molecular weight is 262 g/mol. The van der Waals surface area contributed by atoms with E-state index in [0.29, 0.717) is 31.7 Å². The van der Waals surface area contributed by atoms with Crippen LogP contribution in [-0.2, 0) is 35.5 Å². The van der Waals surface area contributed by atoms with Crippen molar-refractivity contribution in [3.8, 4) is 0 Å². The standard InChI is InChI=1S/C11H13F3N2O2/c1-16-8-2-3-10(17-4-5-18-10)6-7(8)9(15-16)11(12,13)14/h2-6H2,1H3. The van der Waals surface area contributed by atoms with Gasteiger partial charge in [-0.05, 0) is 6.42 Å². The molecule has 1 aliphatic carbocycles. The smallest absolute Gasteiger partial charge is 0.347 e. The molecule has 7 heteroatoms. The summed E-state index contributed by atoms with van der Waals surface area (Å²) >= 11 is 0. The quantitative estimate of drug-likeness (QED) is 0.713. The molecule has 1 aromatic rings. The van der Waals surface area contributed by atoms with E-state index in [1.165, 1.54) is 4.68 Å². The SMILES string of the molecule is Cn1nc(C(F)(F)F)c2c1CCC1(C2)OCCO1. The van der Waals surface area contributed by atoms with Crippen molar-refractivity contribution in [2.75, 3.05) is 13.2 Å². The van der Waals surface area contributed by atoms with Gasteiger partial charge in [0.1, 0.15) is 0 Å². The lowest BCUT2D eigenvalue weighted by atomic mass is 9.90. The van der Waals surface area contributed by atoms with Crippen LogP contribution in [0.3, 0.4) is 0 Å². The Morgan fingerprint density at radius 2 is 1.94 bits per heavy atom. The molecule has 0 radical (unpaired) electrons. The molecule has 0 amide bonds. The van der Waals surface area contributed by atoms with E-state index in [1.807, 2.05) is 0 Å². The third kappa shape index (κ3) is 1.73. The Hall–Kier alpha value is -1.08. The molecule has 2 aliphatic rings. The van der Waals surface area contributed by atoms with Crippen molar-refractivity contribution in [2.24, 2.45) is 7.05 Å². The number of aryl methyl sites for hydroxylation is 1. The monoisotopic (exact) mass is 262 g/mol. The number of fused-ring (bicyclic) bond motifs is 1. The molecule has 1 saturated heterocycles. The molecule has 0 unspecified atom stereocenters. The number of ether oxygens (including phenoxy) is 2. The molecule has 0 atom stereocenters. The summed E-state index contributed by atoms with van der Waals surface area (Å²) in [5, 5.41) is 3.60. The Morgan fingerprint density at radius 1 is 1.28 bits per heavy atom. The van der Waals surface area contributed by atoms with Gasteiger partial charge in [-0.1, -0.05) is 0 Å². The number of hydrogen-bond donors (Lipinski definition) is 0. The highest BCUT2D eigenvalue weighted by Gasteiger charge is 2.46. The predicted molar refractivity (Wildman–Crippen MR) is 54.9 cm³/mol. The summed E-state index contributed by atoms with van der Waals surface area (Å²) in [6.07, 6.45) is -3.22. The highest BCUT2D eigenvalue weighted by atomic mass is 19.4. The van der Waals surface area contributed by atoms with Crippen LogP contribution >= 0.6 is 0 Å². The second kappa shape index (κ2) is 3.71. The van der Waals surface area contributed by atoms with E-state index in [9.17, 15) is 13.2 Å². The van der Waals surface area contributed by atoms with E-state index in [-0.39, 0.29) is 12.0 Å². The largest absolute Gasteiger partial charge is 0.435 e. The molecular formula is C11H13F3N2O2.